The van der Waals surface area contributed by atoms with E-state index in [4.69, 9.17) is 4.74 Å². The van der Waals surface area contributed by atoms with Crippen LogP contribution < -0.4 is 4.74 Å². The third-order valence-corrected chi connectivity index (χ3v) is 3.78. The Kier molecular flexibility index (Phi) is 5.67. The zero-order chi connectivity index (χ0) is 15.2. The number of thiazole rings is 1. The van der Waals surface area contributed by atoms with Crippen LogP contribution in [-0.4, -0.2) is 41.3 Å². The molecular weight excluding hydrogens is 291 g/mol. The van der Waals surface area contributed by atoms with Crippen molar-refractivity contribution in [2.75, 3.05) is 20.2 Å². The van der Waals surface area contributed by atoms with Crippen LogP contribution >= 0.6 is 11.3 Å². The highest BCUT2D eigenvalue weighted by Crippen LogP contribution is 2.16. The van der Waals surface area contributed by atoms with Gasteiger partial charge < -0.3 is 9.84 Å². The van der Waals surface area contributed by atoms with Gasteiger partial charge in [0.25, 0.3) is 0 Å². The van der Waals surface area contributed by atoms with E-state index in [9.17, 15) is 9.50 Å². The maximum absolute atomic E-state index is 13.4. The van der Waals surface area contributed by atoms with Gasteiger partial charge in [-0.05, 0) is 26.1 Å². The number of aliphatic hydroxyl groups excluding tert-OH is 1. The van der Waals surface area contributed by atoms with Crippen LogP contribution in [0.25, 0.3) is 0 Å². The molecule has 0 bridgehead atoms. The summed E-state index contributed by atoms with van der Waals surface area (Å²) in [5.74, 6) is -0.254. The Morgan fingerprint density at radius 2 is 2.19 bits per heavy atom. The molecule has 6 heteroatoms. The number of hydrogen-bond acceptors (Lipinski definition) is 5. The zero-order valence-corrected chi connectivity index (χ0v) is 12.9. The van der Waals surface area contributed by atoms with E-state index < -0.39 is 11.9 Å². The molecule has 1 N–H and O–H groups in total. The second-order valence-electron chi connectivity index (χ2n) is 4.94. The first-order valence-electron chi connectivity index (χ1n) is 6.70. The van der Waals surface area contributed by atoms with Crippen LogP contribution in [0.2, 0.25) is 0 Å². The molecule has 0 saturated carbocycles. The monoisotopic (exact) mass is 310 g/mol. The van der Waals surface area contributed by atoms with Crippen molar-refractivity contribution in [3.05, 3.63) is 46.2 Å². The maximum Gasteiger partial charge on any atom is 0.165 e. The number of aromatic nitrogens is 1. The number of likely N-dealkylation sites (N-methyl/N-ethyl adjacent to an activating group) is 1. The van der Waals surface area contributed by atoms with Gasteiger partial charge in [-0.15, -0.1) is 11.3 Å². The highest BCUT2D eigenvalue weighted by atomic mass is 32.1. The Morgan fingerprint density at radius 3 is 2.86 bits per heavy atom. The molecule has 0 radical (unpaired) electrons. The molecule has 21 heavy (non-hydrogen) atoms. The highest BCUT2D eigenvalue weighted by molar-refractivity contribution is 7.11. The van der Waals surface area contributed by atoms with E-state index in [1.54, 1.807) is 29.5 Å². The summed E-state index contributed by atoms with van der Waals surface area (Å²) < 4.78 is 18.7. The van der Waals surface area contributed by atoms with E-state index in [1.807, 2.05) is 25.1 Å². The molecule has 0 saturated heterocycles. The topological polar surface area (TPSA) is 45.6 Å². The molecule has 1 heterocycles. The number of halogens is 1. The minimum atomic E-state index is -0.677. The van der Waals surface area contributed by atoms with Gasteiger partial charge in [-0.1, -0.05) is 12.1 Å². The summed E-state index contributed by atoms with van der Waals surface area (Å²) in [6.45, 7) is 3.20. The standard InChI is InChI=1S/C15H19FN2O2S/c1-11-17-7-13(21-11)9-18(2)8-12(19)10-20-15-6-4-3-5-14(15)16/h3-7,12,19H,8-10H2,1-2H3/t12-/m0/s1. The summed E-state index contributed by atoms with van der Waals surface area (Å²) in [5, 5.41) is 11.0. The van der Waals surface area contributed by atoms with Crippen molar-refractivity contribution in [3.8, 4) is 5.75 Å². The fourth-order valence-corrected chi connectivity index (χ4v) is 2.84. The van der Waals surface area contributed by atoms with E-state index >= 15 is 0 Å². The Labute approximate surface area is 127 Å². The Hall–Kier alpha value is -1.50. The molecule has 1 aromatic heterocycles. The van der Waals surface area contributed by atoms with E-state index in [-0.39, 0.29) is 12.4 Å². The highest BCUT2D eigenvalue weighted by Gasteiger charge is 2.12. The van der Waals surface area contributed by atoms with Crippen LogP contribution in [0.15, 0.2) is 30.5 Å². The summed E-state index contributed by atoms with van der Waals surface area (Å²) >= 11 is 1.64. The van der Waals surface area contributed by atoms with Crippen molar-refractivity contribution in [3.63, 3.8) is 0 Å². The largest absolute Gasteiger partial charge is 0.488 e. The van der Waals surface area contributed by atoms with Crippen LogP contribution in [0.3, 0.4) is 0 Å². The molecule has 4 nitrogen and oxygen atoms in total. The van der Waals surface area contributed by atoms with Gasteiger partial charge in [-0.3, -0.25) is 4.90 Å². The van der Waals surface area contributed by atoms with Gasteiger partial charge >= 0.3 is 0 Å². The normalized spacial score (nSPS) is 12.6. The van der Waals surface area contributed by atoms with Gasteiger partial charge in [0.05, 0.1) is 5.01 Å². The van der Waals surface area contributed by atoms with E-state index in [2.05, 4.69) is 4.98 Å². The molecule has 2 aromatic rings. The van der Waals surface area contributed by atoms with Gasteiger partial charge in [0.15, 0.2) is 11.6 Å². The molecule has 0 fully saturated rings. The van der Waals surface area contributed by atoms with Gasteiger partial charge in [-0.25, -0.2) is 9.37 Å². The Morgan fingerprint density at radius 1 is 1.43 bits per heavy atom. The van der Waals surface area contributed by atoms with Crippen LogP contribution in [0.4, 0.5) is 4.39 Å². The van der Waals surface area contributed by atoms with Crippen LogP contribution in [0, 0.1) is 12.7 Å². The van der Waals surface area contributed by atoms with E-state index in [1.165, 1.54) is 6.07 Å². The third kappa shape index (κ3) is 5.08. The SMILES string of the molecule is Cc1ncc(CN(C)C[C@H](O)COc2ccccc2F)s1. The zero-order valence-electron chi connectivity index (χ0n) is 12.1. The summed E-state index contributed by atoms with van der Waals surface area (Å²) in [6, 6.07) is 6.18. The lowest BCUT2D eigenvalue weighted by Gasteiger charge is -2.20. The number of para-hydroxylation sites is 1. The minimum Gasteiger partial charge on any atom is -0.488 e. The molecule has 114 valence electrons. The number of hydrogen-bond donors (Lipinski definition) is 1. The first kappa shape index (κ1) is 15.9. The predicted octanol–water partition coefficient (Wildman–Crippen LogP) is 2.46. The summed E-state index contributed by atoms with van der Waals surface area (Å²) in [5.41, 5.74) is 0. The molecular formula is C15H19FN2O2S. The lowest BCUT2D eigenvalue weighted by molar-refractivity contribution is 0.0731. The lowest BCUT2D eigenvalue weighted by atomic mass is 10.3. The molecule has 0 spiro atoms. The number of nitrogens with zero attached hydrogens (tertiary/aromatic N) is 2. The molecule has 2 rings (SSSR count). The van der Waals surface area contributed by atoms with Gasteiger partial charge in [-0.2, -0.15) is 0 Å². The summed E-state index contributed by atoms with van der Waals surface area (Å²) in [7, 11) is 1.92. The van der Waals surface area contributed by atoms with Crippen molar-refractivity contribution in [1.82, 2.24) is 9.88 Å². The van der Waals surface area contributed by atoms with Crippen LogP contribution in [0.1, 0.15) is 9.88 Å². The molecule has 1 aromatic carbocycles. The molecule has 0 amide bonds. The van der Waals surface area contributed by atoms with Crippen LogP contribution in [-0.2, 0) is 6.54 Å². The fraction of sp³-hybridized carbons (Fsp3) is 0.400. The Bertz CT molecular complexity index is 576. The predicted molar refractivity (Wildman–Crippen MR) is 81.1 cm³/mol. The quantitative estimate of drug-likeness (QED) is 0.853. The average Bonchev–Trinajstić information content (AvgIpc) is 2.83. The fourth-order valence-electron chi connectivity index (χ4n) is 1.97. The Balaban J connectivity index is 1.76. The van der Waals surface area contributed by atoms with Crippen molar-refractivity contribution in [2.24, 2.45) is 0 Å². The smallest absolute Gasteiger partial charge is 0.165 e. The number of ether oxygens (including phenoxy) is 1. The summed E-state index contributed by atoms with van der Waals surface area (Å²) in [4.78, 5) is 7.34. The first-order chi connectivity index (χ1) is 10.0. The number of rotatable bonds is 7. The van der Waals surface area contributed by atoms with Crippen molar-refractivity contribution >= 4 is 11.3 Å². The number of benzene rings is 1. The molecule has 0 aliphatic carbocycles. The van der Waals surface area contributed by atoms with E-state index in [0.29, 0.717) is 6.54 Å². The number of aryl methyl sites for hydroxylation is 1. The van der Waals surface area contributed by atoms with Gasteiger partial charge in [0.1, 0.15) is 12.7 Å². The number of aliphatic hydroxyl groups is 1. The maximum atomic E-state index is 13.4. The molecule has 1 atom stereocenters. The van der Waals surface area contributed by atoms with Crippen molar-refractivity contribution in [2.45, 2.75) is 19.6 Å². The van der Waals surface area contributed by atoms with E-state index in [0.717, 1.165) is 16.4 Å². The molecule has 0 aliphatic rings. The first-order valence-corrected chi connectivity index (χ1v) is 7.51. The van der Waals surface area contributed by atoms with Gasteiger partial charge in [0, 0.05) is 24.2 Å². The lowest BCUT2D eigenvalue weighted by Crippen LogP contribution is -2.32. The van der Waals surface area contributed by atoms with Crippen molar-refractivity contribution in [1.29, 1.82) is 0 Å². The second kappa shape index (κ2) is 7.49. The van der Waals surface area contributed by atoms with Crippen LogP contribution in [0.5, 0.6) is 5.75 Å². The summed E-state index contributed by atoms with van der Waals surface area (Å²) in [6.07, 6.45) is 1.17. The minimum absolute atomic E-state index is 0.0625. The second-order valence-corrected chi connectivity index (χ2v) is 6.26. The molecule has 0 aliphatic heterocycles. The third-order valence-electron chi connectivity index (χ3n) is 2.89. The molecule has 0 unspecified atom stereocenters. The van der Waals surface area contributed by atoms with Gasteiger partial charge in [0.2, 0.25) is 0 Å². The average molecular weight is 310 g/mol. The van der Waals surface area contributed by atoms with Crippen molar-refractivity contribution < 1.29 is 14.2 Å².